The van der Waals surface area contributed by atoms with Gasteiger partial charge >= 0.3 is 0 Å². The summed E-state index contributed by atoms with van der Waals surface area (Å²) >= 11 is 0. The fraction of sp³-hybridized carbons (Fsp3) is 0.0952. The minimum Gasteiger partial charge on any atom is -0.378 e. The first kappa shape index (κ1) is 16.5. The number of nitrogens with zero attached hydrogens (tertiary/aromatic N) is 3. The van der Waals surface area contributed by atoms with Gasteiger partial charge in [0.25, 0.3) is 0 Å². The van der Waals surface area contributed by atoms with Gasteiger partial charge in [0.1, 0.15) is 5.82 Å². The molecule has 0 N–H and O–H groups in total. The van der Waals surface area contributed by atoms with Gasteiger partial charge in [-0.3, -0.25) is 0 Å². The first-order chi connectivity index (χ1) is 12.1. The van der Waals surface area contributed by atoms with Gasteiger partial charge < -0.3 is 9.47 Å². The Hall–Kier alpha value is -3.32. The van der Waals surface area contributed by atoms with Gasteiger partial charge in [0.2, 0.25) is 0 Å². The number of hydrogen-bond acceptors (Lipinski definition) is 2. The van der Waals surface area contributed by atoms with Crippen molar-refractivity contribution >= 4 is 17.3 Å². The van der Waals surface area contributed by atoms with Crippen molar-refractivity contribution in [3.05, 3.63) is 83.9 Å². The van der Waals surface area contributed by atoms with Gasteiger partial charge in [0.15, 0.2) is 0 Å². The van der Waals surface area contributed by atoms with Crippen LogP contribution < -0.4 is 4.90 Å². The second-order valence-electron chi connectivity index (χ2n) is 5.86. The van der Waals surface area contributed by atoms with E-state index in [1.54, 1.807) is 24.3 Å². The van der Waals surface area contributed by atoms with Crippen LogP contribution in [0.1, 0.15) is 11.3 Å². The maximum atomic E-state index is 14.0. The minimum atomic E-state index is -0.399. The lowest BCUT2D eigenvalue weighted by molar-refractivity contribution is 0.624. The summed E-state index contributed by atoms with van der Waals surface area (Å²) in [4.78, 5) is 2.03. The normalized spacial score (nSPS) is 11.2. The maximum absolute atomic E-state index is 14.0. The average Bonchev–Trinajstić information content (AvgIpc) is 3.08. The van der Waals surface area contributed by atoms with E-state index in [-0.39, 0.29) is 0 Å². The van der Waals surface area contributed by atoms with Crippen molar-refractivity contribution in [2.24, 2.45) is 0 Å². The van der Waals surface area contributed by atoms with Gasteiger partial charge in [-0.25, -0.2) is 4.39 Å². The van der Waals surface area contributed by atoms with Crippen LogP contribution in [0.2, 0.25) is 0 Å². The van der Waals surface area contributed by atoms with E-state index in [2.05, 4.69) is 6.07 Å². The second-order valence-corrected chi connectivity index (χ2v) is 5.86. The summed E-state index contributed by atoms with van der Waals surface area (Å²) in [5.41, 5.74) is 3.51. The standard InChI is InChI=1S/C21H18FN3/c1-24(2)17-9-11-18(12-10-17)25-13-5-6-19(25)14-16(15-23)20-7-3-4-8-21(20)22/h3-14H,1-2H3. The molecule has 2 aromatic carbocycles. The number of allylic oxidation sites excluding steroid dienone is 1. The van der Waals surface area contributed by atoms with Crippen molar-refractivity contribution in [2.45, 2.75) is 0 Å². The summed E-state index contributed by atoms with van der Waals surface area (Å²) in [6.45, 7) is 0. The number of halogens is 1. The molecule has 1 aromatic heterocycles. The molecular formula is C21H18FN3. The molecule has 0 unspecified atom stereocenters. The third kappa shape index (κ3) is 3.46. The van der Waals surface area contributed by atoms with Gasteiger partial charge in [-0.2, -0.15) is 5.26 Å². The Morgan fingerprint density at radius 2 is 1.76 bits per heavy atom. The molecule has 0 fully saturated rings. The molecule has 4 heteroatoms. The summed E-state index contributed by atoms with van der Waals surface area (Å²) in [6, 6.07) is 20.3. The number of anilines is 1. The molecule has 0 atom stereocenters. The average molecular weight is 331 g/mol. The Kier molecular flexibility index (Phi) is 4.67. The number of aromatic nitrogens is 1. The lowest BCUT2D eigenvalue weighted by Crippen LogP contribution is -2.08. The first-order valence-corrected chi connectivity index (χ1v) is 7.92. The van der Waals surface area contributed by atoms with E-state index < -0.39 is 5.82 Å². The van der Waals surface area contributed by atoms with Crippen LogP contribution in [0.25, 0.3) is 17.3 Å². The first-order valence-electron chi connectivity index (χ1n) is 7.92. The molecule has 0 bridgehead atoms. The van der Waals surface area contributed by atoms with E-state index in [1.165, 1.54) is 6.07 Å². The third-order valence-corrected chi connectivity index (χ3v) is 4.00. The summed E-state index contributed by atoms with van der Waals surface area (Å²) in [5, 5.41) is 9.46. The smallest absolute Gasteiger partial charge is 0.131 e. The largest absolute Gasteiger partial charge is 0.378 e. The Bertz CT molecular complexity index is 944. The Morgan fingerprint density at radius 1 is 1.04 bits per heavy atom. The van der Waals surface area contributed by atoms with Gasteiger partial charge in [0, 0.05) is 42.9 Å². The number of hydrogen-bond donors (Lipinski definition) is 0. The molecule has 0 spiro atoms. The molecule has 0 radical (unpaired) electrons. The highest BCUT2D eigenvalue weighted by Gasteiger charge is 2.09. The van der Waals surface area contributed by atoms with E-state index in [0.717, 1.165) is 17.1 Å². The van der Waals surface area contributed by atoms with Gasteiger partial charge in [-0.15, -0.1) is 0 Å². The maximum Gasteiger partial charge on any atom is 0.131 e. The third-order valence-electron chi connectivity index (χ3n) is 4.00. The van der Waals surface area contributed by atoms with Crippen molar-refractivity contribution in [2.75, 3.05) is 19.0 Å². The number of nitriles is 1. The van der Waals surface area contributed by atoms with E-state index in [9.17, 15) is 9.65 Å². The van der Waals surface area contributed by atoms with Gasteiger partial charge in [-0.05, 0) is 48.5 Å². The van der Waals surface area contributed by atoms with Crippen LogP contribution in [0.15, 0.2) is 66.9 Å². The molecule has 124 valence electrons. The molecule has 0 aliphatic carbocycles. The molecule has 0 amide bonds. The molecule has 3 aromatic rings. The minimum absolute atomic E-state index is 0.294. The fourth-order valence-electron chi connectivity index (χ4n) is 2.66. The summed E-state index contributed by atoms with van der Waals surface area (Å²) in [7, 11) is 3.98. The van der Waals surface area contributed by atoms with Crippen molar-refractivity contribution in [1.82, 2.24) is 4.57 Å². The topological polar surface area (TPSA) is 32.0 Å². The van der Waals surface area contributed by atoms with Crippen molar-refractivity contribution < 1.29 is 4.39 Å². The molecular weight excluding hydrogens is 313 g/mol. The van der Waals surface area contributed by atoms with Crippen LogP contribution in [0.4, 0.5) is 10.1 Å². The highest BCUT2D eigenvalue weighted by atomic mass is 19.1. The molecule has 0 aliphatic rings. The molecule has 0 saturated heterocycles. The Morgan fingerprint density at radius 3 is 2.40 bits per heavy atom. The lowest BCUT2D eigenvalue weighted by atomic mass is 10.1. The molecule has 0 aliphatic heterocycles. The van der Waals surface area contributed by atoms with E-state index in [0.29, 0.717) is 11.1 Å². The van der Waals surface area contributed by atoms with E-state index >= 15 is 0 Å². The molecule has 3 nitrogen and oxygen atoms in total. The number of benzene rings is 2. The van der Waals surface area contributed by atoms with E-state index in [1.807, 2.05) is 66.2 Å². The zero-order chi connectivity index (χ0) is 17.8. The van der Waals surface area contributed by atoms with Crippen LogP contribution in [-0.4, -0.2) is 18.7 Å². The Labute approximate surface area is 146 Å². The summed E-state index contributed by atoms with van der Waals surface area (Å²) in [6.07, 6.45) is 3.63. The summed E-state index contributed by atoms with van der Waals surface area (Å²) < 4.78 is 16.0. The molecule has 1 heterocycles. The van der Waals surface area contributed by atoms with E-state index in [4.69, 9.17) is 0 Å². The van der Waals surface area contributed by atoms with Crippen molar-refractivity contribution in [3.63, 3.8) is 0 Å². The Balaban J connectivity index is 2.01. The zero-order valence-corrected chi connectivity index (χ0v) is 14.1. The van der Waals surface area contributed by atoms with Crippen LogP contribution in [0, 0.1) is 17.1 Å². The van der Waals surface area contributed by atoms with Crippen molar-refractivity contribution in [1.29, 1.82) is 5.26 Å². The summed E-state index contributed by atoms with van der Waals surface area (Å²) in [5.74, 6) is -0.399. The van der Waals surface area contributed by atoms with Gasteiger partial charge in [-0.1, -0.05) is 18.2 Å². The SMILES string of the molecule is CN(C)c1ccc(-n2cccc2C=C(C#N)c2ccccc2F)cc1. The lowest BCUT2D eigenvalue weighted by Gasteiger charge is -2.14. The predicted octanol–water partition coefficient (Wildman–Crippen LogP) is 4.75. The highest BCUT2D eigenvalue weighted by Crippen LogP contribution is 2.23. The highest BCUT2D eigenvalue weighted by molar-refractivity contribution is 5.89. The van der Waals surface area contributed by atoms with Crippen molar-refractivity contribution in [3.8, 4) is 11.8 Å². The second kappa shape index (κ2) is 7.06. The monoisotopic (exact) mass is 331 g/mol. The fourth-order valence-corrected chi connectivity index (χ4v) is 2.66. The predicted molar refractivity (Wildman–Crippen MR) is 100.0 cm³/mol. The van der Waals surface area contributed by atoms with Crippen LogP contribution in [-0.2, 0) is 0 Å². The molecule has 0 saturated carbocycles. The molecule has 3 rings (SSSR count). The number of rotatable bonds is 4. The zero-order valence-electron chi connectivity index (χ0n) is 14.1. The quantitative estimate of drug-likeness (QED) is 0.646. The van der Waals surface area contributed by atoms with Crippen LogP contribution in [0.5, 0.6) is 0 Å². The molecule has 25 heavy (non-hydrogen) atoms. The van der Waals surface area contributed by atoms with Crippen LogP contribution in [0.3, 0.4) is 0 Å². The van der Waals surface area contributed by atoms with Crippen LogP contribution >= 0.6 is 0 Å². The van der Waals surface area contributed by atoms with Gasteiger partial charge in [0.05, 0.1) is 11.6 Å².